The van der Waals surface area contributed by atoms with Crippen LogP contribution in [-0.4, -0.2) is 30.9 Å². The van der Waals surface area contributed by atoms with E-state index in [2.05, 4.69) is 15.1 Å². The lowest BCUT2D eigenvalue weighted by atomic mass is 10.2. The molecule has 1 aromatic heterocycles. The molecule has 150 valence electrons. The van der Waals surface area contributed by atoms with E-state index in [1.165, 1.54) is 24.3 Å². The van der Waals surface area contributed by atoms with E-state index < -0.39 is 15.9 Å². The van der Waals surface area contributed by atoms with Crippen molar-refractivity contribution in [3.63, 3.8) is 0 Å². The van der Waals surface area contributed by atoms with Crippen molar-refractivity contribution in [1.82, 2.24) is 14.5 Å². The molecule has 3 aromatic rings. The number of anilines is 1. The molecule has 0 atom stereocenters. The summed E-state index contributed by atoms with van der Waals surface area (Å²) in [5.74, 6) is 1.14. The molecule has 2 N–H and O–H groups in total. The molecular weight excluding hydrogens is 396 g/mol. The Kier molecular flexibility index (Phi) is 4.95. The number of nitrogens with one attached hydrogen (secondary N) is 2. The van der Waals surface area contributed by atoms with E-state index in [1.807, 2.05) is 0 Å². The molecule has 0 saturated heterocycles. The highest BCUT2D eigenvalue weighted by Gasteiger charge is 2.18. The molecule has 2 aromatic carbocycles. The van der Waals surface area contributed by atoms with Gasteiger partial charge in [-0.1, -0.05) is 12.1 Å². The summed E-state index contributed by atoms with van der Waals surface area (Å²) >= 11 is 0. The number of hydrogen-bond donors (Lipinski definition) is 2. The van der Waals surface area contributed by atoms with Gasteiger partial charge in [-0.3, -0.25) is 9.48 Å². The number of carbonyl (C=O) groups is 1. The van der Waals surface area contributed by atoms with Crippen molar-refractivity contribution in [2.24, 2.45) is 7.05 Å². The van der Waals surface area contributed by atoms with E-state index in [9.17, 15) is 13.2 Å². The second kappa shape index (κ2) is 7.57. The quantitative estimate of drug-likeness (QED) is 0.637. The van der Waals surface area contributed by atoms with Gasteiger partial charge in [-0.05, 0) is 35.9 Å². The van der Waals surface area contributed by atoms with Gasteiger partial charge in [0.1, 0.15) is 0 Å². The van der Waals surface area contributed by atoms with Gasteiger partial charge in [0, 0.05) is 31.4 Å². The fourth-order valence-corrected chi connectivity index (χ4v) is 3.85. The normalized spacial score (nSPS) is 12.7. The first kappa shape index (κ1) is 19.0. The number of aryl methyl sites for hydroxylation is 1. The molecule has 0 radical (unpaired) electrons. The topological polar surface area (TPSA) is 112 Å². The summed E-state index contributed by atoms with van der Waals surface area (Å²) in [4.78, 5) is 12.4. The maximum Gasteiger partial charge on any atom is 0.256 e. The minimum Gasteiger partial charge on any atom is -0.454 e. The molecule has 1 aliphatic rings. The van der Waals surface area contributed by atoms with E-state index in [0.717, 1.165) is 5.56 Å². The Morgan fingerprint density at radius 1 is 1.14 bits per heavy atom. The lowest BCUT2D eigenvalue weighted by Gasteiger charge is -2.09. The average Bonchev–Trinajstić information content (AvgIpc) is 3.34. The largest absolute Gasteiger partial charge is 0.454 e. The summed E-state index contributed by atoms with van der Waals surface area (Å²) in [6.07, 6.45) is 1.69. The van der Waals surface area contributed by atoms with Crippen LogP contribution in [0.25, 0.3) is 0 Å². The van der Waals surface area contributed by atoms with Crippen molar-refractivity contribution < 1.29 is 22.7 Å². The molecule has 0 unspecified atom stereocenters. The number of aromatic nitrogens is 2. The minimum absolute atomic E-state index is 0.00749. The number of nitrogens with zero attached hydrogens (tertiary/aromatic N) is 2. The Bertz CT molecular complexity index is 1170. The fraction of sp³-hybridized carbons (Fsp3) is 0.158. The van der Waals surface area contributed by atoms with Crippen molar-refractivity contribution in [1.29, 1.82) is 0 Å². The standard InChI is InChI=1S/C19H18N4O5S/c1-23-8-7-18(22-23)21-19(24)14-3-2-4-15(10-14)29(25,26)20-11-13-5-6-16-17(9-13)28-12-27-16/h2-10,20H,11-12H2,1H3,(H,21,22,24). The third-order valence-electron chi connectivity index (χ3n) is 4.27. The minimum atomic E-state index is -3.82. The van der Waals surface area contributed by atoms with E-state index >= 15 is 0 Å². The summed E-state index contributed by atoms with van der Waals surface area (Å²) in [5, 5.41) is 6.70. The Morgan fingerprint density at radius 2 is 1.97 bits per heavy atom. The van der Waals surface area contributed by atoms with Gasteiger partial charge in [-0.15, -0.1) is 0 Å². The second-order valence-corrected chi connectivity index (χ2v) is 8.14. The number of benzene rings is 2. The summed E-state index contributed by atoms with van der Waals surface area (Å²) < 4.78 is 39.9. The van der Waals surface area contributed by atoms with Crippen LogP contribution in [0.15, 0.2) is 59.6 Å². The molecule has 0 saturated carbocycles. The van der Waals surface area contributed by atoms with Crippen LogP contribution in [0.3, 0.4) is 0 Å². The predicted octanol–water partition coefficient (Wildman–Crippen LogP) is 1.88. The van der Waals surface area contributed by atoms with E-state index in [4.69, 9.17) is 9.47 Å². The van der Waals surface area contributed by atoms with Gasteiger partial charge in [0.25, 0.3) is 5.91 Å². The van der Waals surface area contributed by atoms with E-state index in [-0.39, 0.29) is 23.8 Å². The van der Waals surface area contributed by atoms with Gasteiger partial charge >= 0.3 is 0 Å². The van der Waals surface area contributed by atoms with E-state index in [1.54, 1.807) is 42.2 Å². The number of hydrogen-bond acceptors (Lipinski definition) is 6. The van der Waals surface area contributed by atoms with Crippen molar-refractivity contribution in [3.8, 4) is 11.5 Å². The van der Waals surface area contributed by atoms with Gasteiger partial charge in [-0.2, -0.15) is 5.10 Å². The number of ether oxygens (including phenoxy) is 2. The smallest absolute Gasteiger partial charge is 0.256 e. The first-order valence-corrected chi connectivity index (χ1v) is 10.2. The number of sulfonamides is 1. The van der Waals surface area contributed by atoms with Crippen LogP contribution in [-0.2, 0) is 23.6 Å². The molecular formula is C19H18N4O5S. The van der Waals surface area contributed by atoms with Crippen LogP contribution in [0.1, 0.15) is 15.9 Å². The molecule has 0 spiro atoms. The zero-order valence-electron chi connectivity index (χ0n) is 15.5. The van der Waals surface area contributed by atoms with Crippen molar-refractivity contribution in [2.75, 3.05) is 12.1 Å². The highest BCUT2D eigenvalue weighted by molar-refractivity contribution is 7.89. The molecule has 10 heteroatoms. The van der Waals surface area contributed by atoms with Crippen LogP contribution in [0.5, 0.6) is 11.5 Å². The van der Waals surface area contributed by atoms with Crippen LogP contribution in [0, 0.1) is 0 Å². The van der Waals surface area contributed by atoms with Gasteiger partial charge in [0.15, 0.2) is 17.3 Å². The zero-order chi connectivity index (χ0) is 20.4. The van der Waals surface area contributed by atoms with Gasteiger partial charge in [0.2, 0.25) is 16.8 Å². The Balaban J connectivity index is 1.46. The summed E-state index contributed by atoms with van der Waals surface area (Å²) in [6.45, 7) is 0.223. The van der Waals surface area contributed by atoms with Crippen LogP contribution >= 0.6 is 0 Å². The molecule has 0 fully saturated rings. The lowest BCUT2D eigenvalue weighted by Crippen LogP contribution is -2.23. The molecule has 1 amide bonds. The predicted molar refractivity (Wildman–Crippen MR) is 104 cm³/mol. The first-order chi connectivity index (χ1) is 13.9. The maximum atomic E-state index is 12.7. The maximum absolute atomic E-state index is 12.7. The highest BCUT2D eigenvalue weighted by atomic mass is 32.2. The Hall–Kier alpha value is -3.37. The van der Waals surface area contributed by atoms with Gasteiger partial charge in [0.05, 0.1) is 4.90 Å². The number of fused-ring (bicyclic) bond motifs is 1. The van der Waals surface area contributed by atoms with Crippen LogP contribution in [0.4, 0.5) is 5.82 Å². The summed E-state index contributed by atoms with van der Waals surface area (Å²) in [6, 6.07) is 12.7. The molecule has 1 aliphatic heterocycles. The van der Waals surface area contributed by atoms with Crippen LogP contribution in [0.2, 0.25) is 0 Å². The highest BCUT2D eigenvalue weighted by Crippen LogP contribution is 2.32. The number of rotatable bonds is 6. The van der Waals surface area contributed by atoms with Crippen LogP contribution < -0.4 is 19.5 Å². The van der Waals surface area contributed by atoms with E-state index in [0.29, 0.717) is 17.3 Å². The monoisotopic (exact) mass is 414 g/mol. The second-order valence-electron chi connectivity index (χ2n) is 6.37. The first-order valence-electron chi connectivity index (χ1n) is 8.70. The van der Waals surface area contributed by atoms with Gasteiger partial charge in [-0.25, -0.2) is 13.1 Å². The SMILES string of the molecule is Cn1ccc(NC(=O)c2cccc(S(=O)(=O)NCc3ccc4c(c3)OCO4)c2)n1. The zero-order valence-corrected chi connectivity index (χ0v) is 16.3. The lowest BCUT2D eigenvalue weighted by molar-refractivity contribution is 0.102. The molecule has 4 rings (SSSR count). The Labute approximate surface area is 167 Å². The fourth-order valence-electron chi connectivity index (χ4n) is 2.79. The van der Waals surface area contributed by atoms with Gasteiger partial charge < -0.3 is 14.8 Å². The number of carbonyl (C=O) groups excluding carboxylic acids is 1. The molecule has 2 heterocycles. The number of amides is 1. The Morgan fingerprint density at radius 3 is 2.76 bits per heavy atom. The van der Waals surface area contributed by atoms with Crippen molar-refractivity contribution in [2.45, 2.75) is 11.4 Å². The van der Waals surface area contributed by atoms with Crippen molar-refractivity contribution >= 4 is 21.7 Å². The van der Waals surface area contributed by atoms with Crippen molar-refractivity contribution in [3.05, 3.63) is 65.9 Å². The molecule has 0 aliphatic carbocycles. The third kappa shape index (κ3) is 4.23. The average molecular weight is 414 g/mol. The summed E-state index contributed by atoms with van der Waals surface area (Å²) in [7, 11) is -2.09. The molecule has 29 heavy (non-hydrogen) atoms. The molecule has 9 nitrogen and oxygen atoms in total. The summed E-state index contributed by atoms with van der Waals surface area (Å²) in [5.41, 5.74) is 0.934. The molecule has 0 bridgehead atoms. The third-order valence-corrected chi connectivity index (χ3v) is 5.66.